The Hall–Kier alpha value is -2.08. The van der Waals surface area contributed by atoms with Crippen molar-refractivity contribution in [3.63, 3.8) is 0 Å². The summed E-state index contributed by atoms with van der Waals surface area (Å²) in [6, 6.07) is 4.88. The second kappa shape index (κ2) is 7.38. The monoisotopic (exact) mass is 280 g/mol. The predicted octanol–water partition coefficient (Wildman–Crippen LogP) is 1.49. The summed E-state index contributed by atoms with van der Waals surface area (Å²) in [5.74, 6) is 0.731. The smallest absolute Gasteiger partial charge is 0.257 e. The van der Waals surface area contributed by atoms with E-state index < -0.39 is 0 Å². The van der Waals surface area contributed by atoms with Gasteiger partial charge in [0.2, 0.25) is 0 Å². The average Bonchev–Trinajstić information content (AvgIpc) is 2.44. The molecule has 1 amide bonds. The zero-order chi connectivity index (χ0) is 14.3. The highest BCUT2D eigenvalue weighted by atomic mass is 32.1. The first-order valence-electron chi connectivity index (χ1n) is 5.54. The minimum atomic E-state index is -0.317. The SMILES string of the molecule is C=CCNC(=S)NC(=O)c1ccc(OC)c(OC)c1. The van der Waals surface area contributed by atoms with Crippen LogP contribution in [-0.4, -0.2) is 31.8 Å². The van der Waals surface area contributed by atoms with E-state index in [1.54, 1.807) is 24.3 Å². The normalized spacial score (nSPS) is 9.37. The van der Waals surface area contributed by atoms with Crippen LogP contribution < -0.4 is 20.1 Å². The van der Waals surface area contributed by atoms with Crippen LogP contribution in [0, 0.1) is 0 Å². The van der Waals surface area contributed by atoms with Crippen molar-refractivity contribution >= 4 is 23.2 Å². The van der Waals surface area contributed by atoms with Gasteiger partial charge in [0, 0.05) is 12.1 Å². The fraction of sp³-hybridized carbons (Fsp3) is 0.231. The van der Waals surface area contributed by atoms with E-state index in [2.05, 4.69) is 17.2 Å². The largest absolute Gasteiger partial charge is 0.493 e. The van der Waals surface area contributed by atoms with Crippen LogP contribution in [0.2, 0.25) is 0 Å². The lowest BCUT2D eigenvalue weighted by molar-refractivity contribution is 0.0976. The molecule has 0 spiro atoms. The zero-order valence-electron chi connectivity index (χ0n) is 10.9. The van der Waals surface area contributed by atoms with E-state index in [0.717, 1.165) is 0 Å². The first-order valence-corrected chi connectivity index (χ1v) is 5.95. The molecule has 0 bridgehead atoms. The van der Waals surface area contributed by atoms with Crippen molar-refractivity contribution in [3.8, 4) is 11.5 Å². The molecule has 0 radical (unpaired) electrons. The van der Waals surface area contributed by atoms with E-state index in [4.69, 9.17) is 21.7 Å². The molecule has 0 fully saturated rings. The third-order valence-corrected chi connectivity index (χ3v) is 2.53. The van der Waals surface area contributed by atoms with Gasteiger partial charge in [0.15, 0.2) is 16.6 Å². The van der Waals surface area contributed by atoms with Crippen LogP contribution in [0.4, 0.5) is 0 Å². The van der Waals surface area contributed by atoms with Crippen molar-refractivity contribution in [1.29, 1.82) is 0 Å². The fourth-order valence-corrected chi connectivity index (χ4v) is 1.54. The number of hydrogen-bond donors (Lipinski definition) is 2. The van der Waals surface area contributed by atoms with Crippen LogP contribution in [0.5, 0.6) is 11.5 Å². The van der Waals surface area contributed by atoms with Gasteiger partial charge >= 0.3 is 0 Å². The van der Waals surface area contributed by atoms with E-state index in [0.29, 0.717) is 23.6 Å². The van der Waals surface area contributed by atoms with Crippen molar-refractivity contribution in [2.45, 2.75) is 0 Å². The van der Waals surface area contributed by atoms with Gasteiger partial charge < -0.3 is 14.8 Å². The van der Waals surface area contributed by atoms with E-state index >= 15 is 0 Å². The molecule has 1 aromatic carbocycles. The Morgan fingerprint density at radius 1 is 1.37 bits per heavy atom. The Morgan fingerprint density at radius 2 is 2.05 bits per heavy atom. The molecule has 0 aromatic heterocycles. The number of thiocarbonyl (C=S) groups is 1. The molecule has 2 N–H and O–H groups in total. The van der Waals surface area contributed by atoms with Gasteiger partial charge in [-0.25, -0.2) is 0 Å². The van der Waals surface area contributed by atoms with Crippen molar-refractivity contribution in [2.75, 3.05) is 20.8 Å². The molecule has 0 aliphatic carbocycles. The zero-order valence-corrected chi connectivity index (χ0v) is 11.7. The van der Waals surface area contributed by atoms with Gasteiger partial charge in [0.1, 0.15) is 0 Å². The molecule has 1 aromatic rings. The molecule has 1 rings (SSSR count). The van der Waals surface area contributed by atoms with E-state index in [9.17, 15) is 4.79 Å². The third-order valence-electron chi connectivity index (χ3n) is 2.28. The number of carbonyl (C=O) groups is 1. The highest BCUT2D eigenvalue weighted by Gasteiger charge is 2.11. The van der Waals surface area contributed by atoms with Crippen LogP contribution in [-0.2, 0) is 0 Å². The molecule has 0 aliphatic rings. The lowest BCUT2D eigenvalue weighted by Crippen LogP contribution is -2.39. The number of benzene rings is 1. The van der Waals surface area contributed by atoms with Crippen molar-refractivity contribution in [3.05, 3.63) is 36.4 Å². The second-order valence-electron chi connectivity index (χ2n) is 3.52. The minimum Gasteiger partial charge on any atom is -0.493 e. The number of methoxy groups -OCH3 is 2. The molecule has 0 atom stereocenters. The molecule has 5 nitrogen and oxygen atoms in total. The molecule has 0 saturated carbocycles. The Labute approximate surface area is 117 Å². The predicted molar refractivity (Wildman–Crippen MR) is 77.8 cm³/mol. The number of hydrogen-bond acceptors (Lipinski definition) is 4. The van der Waals surface area contributed by atoms with Crippen LogP contribution in [0.1, 0.15) is 10.4 Å². The van der Waals surface area contributed by atoms with Crippen molar-refractivity contribution in [2.24, 2.45) is 0 Å². The van der Waals surface area contributed by atoms with Crippen LogP contribution in [0.25, 0.3) is 0 Å². The average molecular weight is 280 g/mol. The third kappa shape index (κ3) is 4.26. The second-order valence-corrected chi connectivity index (χ2v) is 3.93. The van der Waals surface area contributed by atoms with Gasteiger partial charge in [0.05, 0.1) is 14.2 Å². The first kappa shape index (κ1) is 15.0. The molecule has 0 unspecified atom stereocenters. The lowest BCUT2D eigenvalue weighted by atomic mass is 10.2. The Bertz CT molecular complexity index is 489. The summed E-state index contributed by atoms with van der Waals surface area (Å²) in [4.78, 5) is 11.9. The fourth-order valence-electron chi connectivity index (χ4n) is 1.36. The minimum absolute atomic E-state index is 0.250. The van der Waals surface area contributed by atoms with Gasteiger partial charge in [-0.2, -0.15) is 0 Å². The Morgan fingerprint density at radius 3 is 2.63 bits per heavy atom. The summed E-state index contributed by atoms with van der Waals surface area (Å²) in [5.41, 5.74) is 0.431. The van der Waals surface area contributed by atoms with Gasteiger partial charge in [-0.3, -0.25) is 10.1 Å². The van der Waals surface area contributed by atoms with Crippen LogP contribution >= 0.6 is 12.2 Å². The van der Waals surface area contributed by atoms with E-state index in [1.807, 2.05) is 0 Å². The summed E-state index contributed by atoms with van der Waals surface area (Å²) in [6.45, 7) is 4.04. The van der Waals surface area contributed by atoms with Crippen molar-refractivity contribution in [1.82, 2.24) is 10.6 Å². The Balaban J connectivity index is 2.77. The highest BCUT2D eigenvalue weighted by Crippen LogP contribution is 2.27. The van der Waals surface area contributed by atoms with E-state index in [1.165, 1.54) is 14.2 Å². The van der Waals surface area contributed by atoms with E-state index in [-0.39, 0.29) is 11.0 Å². The number of rotatable bonds is 5. The van der Waals surface area contributed by atoms with Crippen LogP contribution in [0.15, 0.2) is 30.9 Å². The van der Waals surface area contributed by atoms with Crippen LogP contribution in [0.3, 0.4) is 0 Å². The number of ether oxygens (including phenoxy) is 2. The quantitative estimate of drug-likeness (QED) is 0.632. The topological polar surface area (TPSA) is 59.6 Å². The molecule has 0 aliphatic heterocycles. The molecule has 6 heteroatoms. The molecule has 102 valence electrons. The summed E-state index contributed by atoms with van der Waals surface area (Å²) in [5, 5.41) is 5.62. The molecular weight excluding hydrogens is 264 g/mol. The van der Waals surface area contributed by atoms with Crippen molar-refractivity contribution < 1.29 is 14.3 Å². The van der Waals surface area contributed by atoms with Gasteiger partial charge in [-0.1, -0.05) is 6.08 Å². The summed E-state index contributed by atoms with van der Waals surface area (Å²) < 4.78 is 10.2. The van der Waals surface area contributed by atoms with Gasteiger partial charge in [-0.05, 0) is 30.4 Å². The molecule has 0 saturated heterocycles. The van der Waals surface area contributed by atoms with Gasteiger partial charge in [0.25, 0.3) is 5.91 Å². The molecule has 0 heterocycles. The standard InChI is InChI=1S/C13H16N2O3S/c1-4-7-14-13(19)15-12(16)9-5-6-10(17-2)11(8-9)18-3/h4-6,8H,1,7H2,2-3H3,(H2,14,15,16,19). The first-order chi connectivity index (χ1) is 9.12. The number of amides is 1. The highest BCUT2D eigenvalue weighted by molar-refractivity contribution is 7.80. The summed E-state index contributed by atoms with van der Waals surface area (Å²) >= 11 is 4.96. The maximum atomic E-state index is 11.9. The molecule has 19 heavy (non-hydrogen) atoms. The maximum Gasteiger partial charge on any atom is 0.257 e. The number of nitrogens with one attached hydrogen (secondary N) is 2. The number of carbonyl (C=O) groups excluding carboxylic acids is 1. The Kier molecular flexibility index (Phi) is 5.81. The summed E-state index contributed by atoms with van der Waals surface area (Å²) in [6.07, 6.45) is 1.65. The maximum absolute atomic E-state index is 11.9. The summed E-state index contributed by atoms with van der Waals surface area (Å²) in [7, 11) is 3.04. The van der Waals surface area contributed by atoms with Gasteiger partial charge in [-0.15, -0.1) is 6.58 Å². The lowest BCUT2D eigenvalue weighted by Gasteiger charge is -2.10. The molecular formula is C13H16N2O3S.